The van der Waals surface area contributed by atoms with E-state index in [1.54, 1.807) is 5.57 Å². The third-order valence-corrected chi connectivity index (χ3v) is 15.1. The highest BCUT2D eigenvalue weighted by Gasteiger charge is 2.69. The topological polar surface area (TPSA) is 61.7 Å². The number of allylic oxidation sites excluding steroid dienone is 2. The molecule has 0 saturated heterocycles. The van der Waals surface area contributed by atoms with Gasteiger partial charge in [0.25, 0.3) is 0 Å². The first-order valence-electron chi connectivity index (χ1n) is 17.5. The number of aliphatic hydroxyl groups is 2. The summed E-state index contributed by atoms with van der Waals surface area (Å²) in [5, 5.41) is 24.9. The Labute approximate surface area is 262 Å². The van der Waals surface area contributed by atoms with E-state index in [-0.39, 0.29) is 39.8 Å². The fourth-order valence-electron chi connectivity index (χ4n) is 12.1. The van der Waals surface area contributed by atoms with Crippen LogP contribution in [0.4, 0.5) is 0 Å². The molecule has 4 nitrogen and oxygen atoms in total. The Bertz CT molecular complexity index is 1220. The maximum absolute atomic E-state index is 11.1. The monoisotopic (exact) mass is 591 g/mol. The predicted octanol–water partition coefficient (Wildman–Crippen LogP) is 8.06. The van der Waals surface area contributed by atoms with Crippen LogP contribution in [0.3, 0.4) is 0 Å². The molecule has 5 aliphatic rings. The number of ether oxygens (including phenoxy) is 1. The average molecular weight is 592 g/mol. The number of nitrogens with one attached hydrogen (secondary N) is 1. The summed E-state index contributed by atoms with van der Waals surface area (Å²) in [6.07, 6.45) is 12.8. The molecule has 4 fully saturated rings. The molecular formula is C39H61NO3. The summed E-state index contributed by atoms with van der Waals surface area (Å²) in [6.45, 7) is 19.2. The Morgan fingerprint density at radius 3 is 2.21 bits per heavy atom. The molecule has 1 aromatic rings. The molecule has 4 heteroatoms. The fourth-order valence-corrected chi connectivity index (χ4v) is 12.1. The number of hydrogen-bond donors (Lipinski definition) is 3. The number of aliphatic hydroxyl groups excluding tert-OH is 2. The molecular weight excluding hydrogens is 530 g/mol. The lowest BCUT2D eigenvalue weighted by molar-refractivity contribution is -0.220. The Hall–Kier alpha value is -1.20. The van der Waals surface area contributed by atoms with Gasteiger partial charge in [-0.1, -0.05) is 84.4 Å². The second-order valence-corrected chi connectivity index (χ2v) is 17.8. The SMILES string of the molecule is CNCc1ccc(CO[C@@H]2CC(C)(C)C[C@H]3C4=CCC5[C@@]6(C)CC[C@H](O)[C@](C)(CO)C6CC[C@@]5(C)[C@]4(C)CC[C@@]23C)cc1. The van der Waals surface area contributed by atoms with Crippen LogP contribution in [-0.2, 0) is 17.9 Å². The van der Waals surface area contributed by atoms with Crippen LogP contribution in [0.25, 0.3) is 0 Å². The molecule has 240 valence electrons. The van der Waals surface area contributed by atoms with E-state index < -0.39 is 11.5 Å². The highest BCUT2D eigenvalue weighted by atomic mass is 16.5. The van der Waals surface area contributed by atoms with Gasteiger partial charge in [0.05, 0.1) is 25.4 Å². The van der Waals surface area contributed by atoms with Crippen LogP contribution >= 0.6 is 0 Å². The molecule has 0 amide bonds. The minimum atomic E-state index is -0.395. The van der Waals surface area contributed by atoms with Crippen molar-refractivity contribution in [3.8, 4) is 0 Å². The maximum Gasteiger partial charge on any atom is 0.0720 e. The lowest BCUT2D eigenvalue weighted by atomic mass is 9.33. The molecule has 5 aliphatic carbocycles. The van der Waals surface area contributed by atoms with Gasteiger partial charge in [-0.05, 0) is 115 Å². The Balaban J connectivity index is 1.30. The quantitative estimate of drug-likeness (QED) is 0.293. The maximum atomic E-state index is 11.1. The zero-order valence-electron chi connectivity index (χ0n) is 28.6. The van der Waals surface area contributed by atoms with Crippen molar-refractivity contribution in [3.05, 3.63) is 47.0 Å². The Morgan fingerprint density at radius 2 is 1.53 bits per heavy atom. The molecule has 0 heterocycles. The molecule has 0 bridgehead atoms. The summed E-state index contributed by atoms with van der Waals surface area (Å²) in [5.74, 6) is 1.51. The molecule has 0 radical (unpaired) electrons. The molecule has 1 aromatic carbocycles. The molecule has 10 atom stereocenters. The van der Waals surface area contributed by atoms with Gasteiger partial charge in [-0.3, -0.25) is 0 Å². The van der Waals surface area contributed by atoms with Gasteiger partial charge >= 0.3 is 0 Å². The number of hydrogen-bond acceptors (Lipinski definition) is 4. The van der Waals surface area contributed by atoms with Gasteiger partial charge in [0, 0.05) is 17.4 Å². The van der Waals surface area contributed by atoms with Crippen LogP contribution in [0.1, 0.15) is 117 Å². The predicted molar refractivity (Wildman–Crippen MR) is 175 cm³/mol. The van der Waals surface area contributed by atoms with Crippen molar-refractivity contribution in [2.75, 3.05) is 13.7 Å². The summed E-state index contributed by atoms with van der Waals surface area (Å²) in [6, 6.07) is 8.94. The van der Waals surface area contributed by atoms with Gasteiger partial charge in [-0.25, -0.2) is 0 Å². The molecule has 2 unspecified atom stereocenters. The van der Waals surface area contributed by atoms with Crippen molar-refractivity contribution in [3.63, 3.8) is 0 Å². The zero-order valence-corrected chi connectivity index (χ0v) is 28.6. The molecule has 3 N–H and O–H groups in total. The van der Waals surface area contributed by atoms with E-state index in [2.05, 4.69) is 84.1 Å². The molecule has 0 aliphatic heterocycles. The van der Waals surface area contributed by atoms with Crippen molar-refractivity contribution in [2.45, 2.75) is 132 Å². The van der Waals surface area contributed by atoms with Gasteiger partial charge in [-0.15, -0.1) is 0 Å². The fraction of sp³-hybridized carbons (Fsp3) is 0.795. The first kappa shape index (κ1) is 31.8. The summed E-state index contributed by atoms with van der Waals surface area (Å²) in [7, 11) is 2.00. The average Bonchev–Trinajstić information content (AvgIpc) is 2.96. The number of fused-ring (bicyclic) bond motifs is 7. The van der Waals surface area contributed by atoms with Crippen molar-refractivity contribution in [2.24, 2.45) is 50.2 Å². The van der Waals surface area contributed by atoms with Crippen molar-refractivity contribution in [1.82, 2.24) is 5.32 Å². The van der Waals surface area contributed by atoms with Gasteiger partial charge in [-0.2, -0.15) is 0 Å². The van der Waals surface area contributed by atoms with Crippen LogP contribution in [0, 0.1) is 50.2 Å². The van der Waals surface area contributed by atoms with Crippen molar-refractivity contribution >= 4 is 0 Å². The Kier molecular flexibility index (Phi) is 7.89. The highest BCUT2D eigenvalue weighted by molar-refractivity contribution is 5.34. The minimum Gasteiger partial charge on any atom is -0.396 e. The lowest BCUT2D eigenvalue weighted by Gasteiger charge is -2.71. The van der Waals surface area contributed by atoms with Gasteiger partial charge in [0.15, 0.2) is 0 Å². The molecule has 6 rings (SSSR count). The van der Waals surface area contributed by atoms with E-state index in [1.165, 1.54) is 36.8 Å². The zero-order chi connectivity index (χ0) is 31.1. The summed E-state index contributed by atoms with van der Waals surface area (Å²) in [5.41, 5.74) is 4.90. The van der Waals surface area contributed by atoms with Crippen LogP contribution in [0.15, 0.2) is 35.9 Å². The summed E-state index contributed by atoms with van der Waals surface area (Å²) in [4.78, 5) is 0. The summed E-state index contributed by atoms with van der Waals surface area (Å²) < 4.78 is 6.96. The van der Waals surface area contributed by atoms with E-state index in [9.17, 15) is 10.2 Å². The summed E-state index contributed by atoms with van der Waals surface area (Å²) >= 11 is 0. The van der Waals surface area contributed by atoms with Crippen LogP contribution in [0.2, 0.25) is 0 Å². The van der Waals surface area contributed by atoms with Crippen LogP contribution in [-0.4, -0.2) is 36.1 Å². The van der Waals surface area contributed by atoms with Crippen molar-refractivity contribution in [1.29, 1.82) is 0 Å². The van der Waals surface area contributed by atoms with Gasteiger partial charge < -0.3 is 20.3 Å². The second kappa shape index (κ2) is 10.7. The first-order chi connectivity index (χ1) is 20.2. The number of rotatable bonds is 6. The highest BCUT2D eigenvalue weighted by Crippen LogP contribution is 2.75. The van der Waals surface area contributed by atoms with E-state index in [0.29, 0.717) is 24.4 Å². The van der Waals surface area contributed by atoms with E-state index in [0.717, 1.165) is 38.6 Å². The van der Waals surface area contributed by atoms with Gasteiger partial charge in [0.1, 0.15) is 0 Å². The Morgan fingerprint density at radius 1 is 0.837 bits per heavy atom. The second-order valence-electron chi connectivity index (χ2n) is 17.8. The van der Waals surface area contributed by atoms with Crippen LogP contribution in [0.5, 0.6) is 0 Å². The smallest absolute Gasteiger partial charge is 0.0720 e. The third kappa shape index (κ3) is 4.66. The van der Waals surface area contributed by atoms with E-state index in [1.807, 2.05) is 7.05 Å². The lowest BCUT2D eigenvalue weighted by Crippen LogP contribution is -2.66. The third-order valence-electron chi connectivity index (χ3n) is 15.1. The van der Waals surface area contributed by atoms with Crippen molar-refractivity contribution < 1.29 is 14.9 Å². The molecule has 0 aromatic heterocycles. The van der Waals surface area contributed by atoms with Gasteiger partial charge in [0.2, 0.25) is 0 Å². The molecule has 43 heavy (non-hydrogen) atoms. The van der Waals surface area contributed by atoms with E-state index >= 15 is 0 Å². The standard InChI is InChI=1S/C39H61NO3/c1-34(2)21-29-28-13-14-31-36(4)17-16-32(42)37(5,25-41)30(36)15-18-39(31,7)38(28,6)20-19-35(29,3)33(22-34)43-24-27-11-9-26(10-12-27)23-40-8/h9-13,29-33,40-42H,14-25H2,1-8H3/t29-,30?,31?,32-,33+,35+,36-,37+,38+,39+/m0/s1. The molecule has 0 spiro atoms. The van der Waals surface area contributed by atoms with E-state index in [4.69, 9.17) is 4.74 Å². The minimum absolute atomic E-state index is 0.0905. The first-order valence-corrected chi connectivity index (χ1v) is 17.5. The number of benzene rings is 1. The normalized spacial score (nSPS) is 47.0. The molecule has 4 saturated carbocycles. The van der Waals surface area contributed by atoms with Crippen LogP contribution < -0.4 is 5.32 Å². The largest absolute Gasteiger partial charge is 0.396 e.